The first-order valence-corrected chi connectivity index (χ1v) is 7.95. The summed E-state index contributed by atoms with van der Waals surface area (Å²) in [7, 11) is -3.47. The molecule has 0 aliphatic carbocycles. The Kier molecular flexibility index (Phi) is 7.01. The van der Waals surface area contributed by atoms with Crippen LogP contribution < -0.4 is 10.5 Å². The van der Waals surface area contributed by atoms with E-state index in [1.165, 1.54) is 0 Å². The van der Waals surface area contributed by atoms with Crippen LogP contribution in [0, 0.1) is 0 Å². The Balaban J connectivity index is 2.46. The molecule has 108 valence electrons. The van der Waals surface area contributed by atoms with E-state index in [0.29, 0.717) is 19.8 Å². The number of nitrogens with one attached hydrogen (secondary N) is 1. The molecule has 1 aromatic rings. The summed E-state index contributed by atoms with van der Waals surface area (Å²) in [6, 6.07) is 6.63. The summed E-state index contributed by atoms with van der Waals surface area (Å²) in [5.74, 6) is 0. The van der Waals surface area contributed by atoms with Crippen molar-refractivity contribution in [1.82, 2.24) is 4.72 Å². The van der Waals surface area contributed by atoms with Crippen LogP contribution in [0.25, 0.3) is 0 Å². The topological polar surface area (TPSA) is 81.4 Å². The maximum Gasteiger partial charge on any atom is 0.240 e. The summed E-state index contributed by atoms with van der Waals surface area (Å²) in [5, 5.41) is 0. The highest BCUT2D eigenvalue weighted by atomic mass is 32.2. The largest absolute Gasteiger partial charge is 0.380 e. The average Bonchev–Trinajstić information content (AvgIpc) is 2.43. The van der Waals surface area contributed by atoms with Gasteiger partial charge in [0.2, 0.25) is 10.0 Å². The molecule has 0 amide bonds. The highest BCUT2D eigenvalue weighted by Gasteiger charge is 2.13. The molecular formula is C13H22N2O3S. The average molecular weight is 286 g/mol. The van der Waals surface area contributed by atoms with Gasteiger partial charge >= 0.3 is 0 Å². The minimum Gasteiger partial charge on any atom is -0.380 e. The van der Waals surface area contributed by atoms with Crippen molar-refractivity contribution in [1.29, 1.82) is 0 Å². The second-order valence-electron chi connectivity index (χ2n) is 4.22. The van der Waals surface area contributed by atoms with E-state index in [9.17, 15) is 8.42 Å². The third-order valence-corrected chi connectivity index (χ3v) is 4.08. The van der Waals surface area contributed by atoms with Gasteiger partial charge in [0.1, 0.15) is 0 Å². The van der Waals surface area contributed by atoms with Gasteiger partial charge in [-0.3, -0.25) is 0 Å². The first kappa shape index (κ1) is 16.1. The molecule has 1 aromatic carbocycles. The molecule has 0 fully saturated rings. The van der Waals surface area contributed by atoms with Crippen LogP contribution in [0.15, 0.2) is 29.2 Å². The standard InChI is InChI=1S/C13H22N2O3S/c1-2-3-8-18-9-7-15-19(16,17)13-6-4-5-12(10-13)11-14/h4-6,10,15H,2-3,7-9,11,14H2,1H3. The maximum atomic E-state index is 12.0. The van der Waals surface area contributed by atoms with E-state index in [1.807, 2.05) is 0 Å². The Labute approximate surface area is 115 Å². The molecule has 0 saturated carbocycles. The third-order valence-electron chi connectivity index (χ3n) is 2.63. The second kappa shape index (κ2) is 8.27. The predicted octanol–water partition coefficient (Wildman–Crippen LogP) is 1.24. The Morgan fingerprint density at radius 3 is 2.79 bits per heavy atom. The van der Waals surface area contributed by atoms with Gasteiger partial charge in [0.15, 0.2) is 0 Å². The highest BCUT2D eigenvalue weighted by molar-refractivity contribution is 7.89. The Hall–Kier alpha value is -0.950. The number of benzene rings is 1. The van der Waals surface area contributed by atoms with E-state index in [4.69, 9.17) is 10.5 Å². The monoisotopic (exact) mass is 286 g/mol. The van der Waals surface area contributed by atoms with E-state index in [0.717, 1.165) is 18.4 Å². The van der Waals surface area contributed by atoms with E-state index < -0.39 is 10.0 Å². The number of hydrogen-bond acceptors (Lipinski definition) is 4. The minimum absolute atomic E-state index is 0.240. The molecule has 19 heavy (non-hydrogen) atoms. The smallest absolute Gasteiger partial charge is 0.240 e. The predicted molar refractivity (Wildman–Crippen MR) is 75.2 cm³/mol. The number of hydrogen-bond donors (Lipinski definition) is 2. The molecule has 0 aliphatic rings. The quantitative estimate of drug-likeness (QED) is 0.669. The van der Waals surface area contributed by atoms with Gasteiger partial charge in [-0.2, -0.15) is 0 Å². The van der Waals surface area contributed by atoms with Crippen molar-refractivity contribution in [3.8, 4) is 0 Å². The van der Waals surface area contributed by atoms with Crippen molar-refractivity contribution in [2.75, 3.05) is 19.8 Å². The van der Waals surface area contributed by atoms with Gasteiger partial charge < -0.3 is 10.5 Å². The van der Waals surface area contributed by atoms with Crippen molar-refractivity contribution >= 4 is 10.0 Å². The molecule has 0 aliphatic heterocycles. The van der Waals surface area contributed by atoms with Crippen LogP contribution in [0.5, 0.6) is 0 Å². The lowest BCUT2D eigenvalue weighted by Gasteiger charge is -2.08. The molecule has 6 heteroatoms. The molecule has 3 N–H and O–H groups in total. The molecule has 0 radical (unpaired) electrons. The first-order chi connectivity index (χ1) is 9.10. The minimum atomic E-state index is -3.47. The zero-order chi connectivity index (χ0) is 14.1. The Bertz CT molecular complexity index is 475. The summed E-state index contributed by atoms with van der Waals surface area (Å²) < 4.78 is 31.8. The van der Waals surface area contributed by atoms with E-state index in [2.05, 4.69) is 11.6 Å². The zero-order valence-electron chi connectivity index (χ0n) is 11.3. The van der Waals surface area contributed by atoms with Gasteiger partial charge in [-0.05, 0) is 24.1 Å². The van der Waals surface area contributed by atoms with Gasteiger partial charge in [0, 0.05) is 19.7 Å². The summed E-state index contributed by atoms with van der Waals surface area (Å²) in [6.07, 6.45) is 2.06. The van der Waals surface area contributed by atoms with Crippen LogP contribution in [-0.2, 0) is 21.3 Å². The fourth-order valence-electron chi connectivity index (χ4n) is 1.52. The van der Waals surface area contributed by atoms with Gasteiger partial charge in [-0.25, -0.2) is 13.1 Å². The number of rotatable bonds is 9. The molecule has 5 nitrogen and oxygen atoms in total. The van der Waals surface area contributed by atoms with Gasteiger partial charge in [0.25, 0.3) is 0 Å². The lowest BCUT2D eigenvalue weighted by molar-refractivity contribution is 0.136. The molecular weight excluding hydrogens is 264 g/mol. The van der Waals surface area contributed by atoms with Crippen molar-refractivity contribution in [2.24, 2.45) is 5.73 Å². The maximum absolute atomic E-state index is 12.0. The lowest BCUT2D eigenvalue weighted by atomic mass is 10.2. The van der Waals surface area contributed by atoms with E-state index >= 15 is 0 Å². The van der Waals surface area contributed by atoms with Gasteiger partial charge in [-0.15, -0.1) is 0 Å². The van der Waals surface area contributed by atoms with Crippen molar-refractivity contribution in [3.05, 3.63) is 29.8 Å². The molecule has 0 atom stereocenters. The third kappa shape index (κ3) is 5.69. The van der Waals surface area contributed by atoms with Crippen LogP contribution in [0.2, 0.25) is 0 Å². The first-order valence-electron chi connectivity index (χ1n) is 6.46. The Morgan fingerprint density at radius 2 is 2.11 bits per heavy atom. The normalized spacial score (nSPS) is 11.7. The summed E-state index contributed by atoms with van der Waals surface area (Å²) in [4.78, 5) is 0.240. The number of ether oxygens (including phenoxy) is 1. The Morgan fingerprint density at radius 1 is 1.32 bits per heavy atom. The second-order valence-corrected chi connectivity index (χ2v) is 5.98. The lowest BCUT2D eigenvalue weighted by Crippen LogP contribution is -2.27. The fourth-order valence-corrected chi connectivity index (χ4v) is 2.60. The van der Waals surface area contributed by atoms with E-state index in [-0.39, 0.29) is 11.4 Å². The number of nitrogens with two attached hydrogens (primary N) is 1. The molecule has 0 aromatic heterocycles. The van der Waals surface area contributed by atoms with Crippen LogP contribution in [0.4, 0.5) is 0 Å². The van der Waals surface area contributed by atoms with Gasteiger partial charge in [-0.1, -0.05) is 25.5 Å². The number of unbranched alkanes of at least 4 members (excludes halogenated alkanes) is 1. The summed E-state index contributed by atoms with van der Waals surface area (Å²) in [6.45, 7) is 3.73. The molecule has 0 spiro atoms. The molecule has 1 rings (SSSR count). The van der Waals surface area contributed by atoms with Crippen LogP contribution >= 0.6 is 0 Å². The molecule has 0 heterocycles. The van der Waals surface area contributed by atoms with Crippen LogP contribution in [0.1, 0.15) is 25.3 Å². The van der Waals surface area contributed by atoms with Crippen LogP contribution in [-0.4, -0.2) is 28.2 Å². The van der Waals surface area contributed by atoms with E-state index in [1.54, 1.807) is 24.3 Å². The SMILES string of the molecule is CCCCOCCNS(=O)(=O)c1cccc(CN)c1. The van der Waals surface area contributed by atoms with Crippen molar-refractivity contribution in [2.45, 2.75) is 31.2 Å². The molecule has 0 saturated heterocycles. The zero-order valence-corrected chi connectivity index (χ0v) is 12.1. The van der Waals surface area contributed by atoms with Gasteiger partial charge in [0.05, 0.1) is 11.5 Å². The van der Waals surface area contributed by atoms with Crippen molar-refractivity contribution < 1.29 is 13.2 Å². The fraction of sp³-hybridized carbons (Fsp3) is 0.538. The van der Waals surface area contributed by atoms with Crippen LogP contribution in [0.3, 0.4) is 0 Å². The number of sulfonamides is 1. The summed E-state index contributed by atoms with van der Waals surface area (Å²) >= 11 is 0. The molecule has 0 bridgehead atoms. The van der Waals surface area contributed by atoms with Crippen molar-refractivity contribution in [3.63, 3.8) is 0 Å². The summed E-state index contributed by atoms with van der Waals surface area (Å²) in [5.41, 5.74) is 6.29. The highest BCUT2D eigenvalue weighted by Crippen LogP contribution is 2.10. The molecule has 0 unspecified atom stereocenters.